The quantitative estimate of drug-likeness (QED) is 0.105. The van der Waals surface area contributed by atoms with Crippen LogP contribution in [0, 0.1) is 5.41 Å². The number of carbonyl (C=O) groups excluding carboxylic acids is 1. The molecular formula is C47H55ClF3N5O6S3. The number of hydrogen-bond acceptors (Lipinski definition) is 11. The van der Waals surface area contributed by atoms with E-state index in [2.05, 4.69) is 46.0 Å². The summed E-state index contributed by atoms with van der Waals surface area (Å²) in [5, 5.41) is 3.13. The van der Waals surface area contributed by atoms with E-state index in [0.29, 0.717) is 56.1 Å². The molecule has 2 fully saturated rings. The SMILES string of the molecule is CC1(C)CCC(c2ccc(Cl)cc2)=C(CN2CCN(c3ccc(C(=O)NS(=O)(=O)c4ccc(N[C@@H](CCN5CCOCC5)SCc5ccccc5)c(S(=O)(=O)C(F)(F)F)c4)cc3)CC2)C1. The van der Waals surface area contributed by atoms with Gasteiger partial charge in [0.1, 0.15) is 4.90 Å². The van der Waals surface area contributed by atoms with Crippen LogP contribution in [0.15, 0.2) is 112 Å². The number of morpholine rings is 1. The Bertz CT molecular complexity index is 2530. The van der Waals surface area contributed by atoms with E-state index in [4.69, 9.17) is 16.3 Å². The van der Waals surface area contributed by atoms with Crippen molar-refractivity contribution in [3.05, 3.63) is 124 Å². The first-order chi connectivity index (χ1) is 30.9. The Morgan fingerprint density at radius 2 is 1.54 bits per heavy atom. The minimum absolute atomic E-state index is 0.00230. The second-order valence-corrected chi connectivity index (χ2v) is 22.7. The zero-order chi connectivity index (χ0) is 46.4. The van der Waals surface area contributed by atoms with Gasteiger partial charge in [0.25, 0.3) is 25.8 Å². The fraction of sp³-hybridized carbons (Fsp3) is 0.426. The fourth-order valence-electron chi connectivity index (χ4n) is 8.46. The molecule has 1 aliphatic carbocycles. The molecule has 1 atom stereocenters. The van der Waals surface area contributed by atoms with Crippen LogP contribution in [0.2, 0.25) is 5.02 Å². The van der Waals surface area contributed by atoms with E-state index >= 15 is 0 Å². The number of sulfone groups is 1. The number of thioether (sulfide) groups is 1. The molecule has 4 aromatic rings. The normalized spacial score (nSPS) is 18.3. The largest absolute Gasteiger partial charge is 0.501 e. The zero-order valence-electron chi connectivity index (χ0n) is 36.4. The van der Waals surface area contributed by atoms with Gasteiger partial charge in [0.05, 0.1) is 29.2 Å². The van der Waals surface area contributed by atoms with Gasteiger partial charge >= 0.3 is 5.51 Å². The first-order valence-electron chi connectivity index (χ1n) is 21.7. The second-order valence-electron chi connectivity index (χ2n) is 17.5. The van der Waals surface area contributed by atoms with Gasteiger partial charge in [0.2, 0.25) is 0 Å². The molecule has 7 rings (SSSR count). The summed E-state index contributed by atoms with van der Waals surface area (Å²) < 4.78 is 103. The Hall–Kier alpha value is -4.10. The average molecular weight is 975 g/mol. The van der Waals surface area contributed by atoms with Crippen LogP contribution in [0.25, 0.3) is 5.57 Å². The van der Waals surface area contributed by atoms with Crippen LogP contribution in [-0.2, 0) is 30.4 Å². The summed E-state index contributed by atoms with van der Waals surface area (Å²) in [6.07, 6.45) is 3.58. The lowest BCUT2D eigenvalue weighted by Crippen LogP contribution is -2.47. The van der Waals surface area contributed by atoms with Crippen molar-refractivity contribution in [1.82, 2.24) is 14.5 Å². The third-order valence-electron chi connectivity index (χ3n) is 12.2. The van der Waals surface area contributed by atoms with E-state index in [1.165, 1.54) is 40.6 Å². The summed E-state index contributed by atoms with van der Waals surface area (Å²) in [4.78, 5) is 18.1. The Morgan fingerprint density at radius 3 is 2.20 bits per heavy atom. The van der Waals surface area contributed by atoms with Gasteiger partial charge in [-0.25, -0.2) is 21.6 Å². The van der Waals surface area contributed by atoms with Crippen molar-refractivity contribution in [1.29, 1.82) is 0 Å². The number of halogens is 4. The predicted octanol–water partition coefficient (Wildman–Crippen LogP) is 8.93. The van der Waals surface area contributed by atoms with Gasteiger partial charge in [-0.05, 0) is 102 Å². The molecule has 0 aromatic heterocycles. The highest BCUT2D eigenvalue weighted by atomic mass is 35.5. The van der Waals surface area contributed by atoms with Gasteiger partial charge in [-0.3, -0.25) is 14.6 Å². The first-order valence-corrected chi connectivity index (χ1v) is 26.1. The first kappa shape index (κ1) is 48.8. The molecule has 2 N–H and O–H groups in total. The Kier molecular flexibility index (Phi) is 15.6. The number of anilines is 2. The Balaban J connectivity index is 1.02. The van der Waals surface area contributed by atoms with E-state index in [1.54, 1.807) is 12.1 Å². The molecule has 2 saturated heterocycles. The number of rotatable bonds is 16. The lowest BCUT2D eigenvalue weighted by molar-refractivity contribution is -0.0435. The molecule has 1 amide bonds. The number of allylic oxidation sites excluding steroid dienone is 1. The van der Waals surface area contributed by atoms with Gasteiger partial charge < -0.3 is 15.0 Å². The van der Waals surface area contributed by atoms with Crippen LogP contribution >= 0.6 is 23.4 Å². The lowest BCUT2D eigenvalue weighted by Gasteiger charge is -2.39. The molecule has 0 spiro atoms. The van der Waals surface area contributed by atoms with Crippen LogP contribution in [0.4, 0.5) is 24.5 Å². The highest BCUT2D eigenvalue weighted by molar-refractivity contribution is 7.99. The summed E-state index contributed by atoms with van der Waals surface area (Å²) in [6, 6.07) is 26.3. The minimum Gasteiger partial charge on any atom is -0.379 e. The third-order valence-corrected chi connectivity index (χ3v) is 16.5. The highest BCUT2D eigenvalue weighted by Gasteiger charge is 2.48. The van der Waals surface area contributed by atoms with Crippen molar-refractivity contribution < 1.29 is 39.5 Å². The van der Waals surface area contributed by atoms with E-state index < -0.39 is 52.1 Å². The van der Waals surface area contributed by atoms with Gasteiger partial charge in [-0.2, -0.15) is 13.2 Å². The van der Waals surface area contributed by atoms with Crippen LogP contribution in [0.3, 0.4) is 0 Å². The number of nitrogens with zero attached hydrogens (tertiary/aromatic N) is 3. The maximum Gasteiger partial charge on any atom is 0.501 e. The molecule has 0 bridgehead atoms. The molecule has 0 saturated carbocycles. The minimum atomic E-state index is -6.06. The Labute approximate surface area is 389 Å². The van der Waals surface area contributed by atoms with E-state index in [-0.39, 0.29) is 11.0 Å². The van der Waals surface area contributed by atoms with Crippen LogP contribution in [0.1, 0.15) is 61.0 Å². The molecule has 11 nitrogen and oxygen atoms in total. The van der Waals surface area contributed by atoms with Crippen molar-refractivity contribution in [3.63, 3.8) is 0 Å². The average Bonchev–Trinajstić information content (AvgIpc) is 3.28. The van der Waals surface area contributed by atoms with Crippen molar-refractivity contribution in [2.75, 3.05) is 75.8 Å². The number of piperazine rings is 1. The topological polar surface area (TPSA) is 128 Å². The standard InChI is InChI=1S/C47H55ClF3N5O6S3/c1-46(2)20-18-41(35-8-12-38(48)13-9-35)37(31-46)32-55-22-24-56(25-23-55)39-14-10-36(11-15-39)45(57)53-65(60,61)40-16-17-42(43(30-40)64(58,59)47(49,50)51)52-44(19-21-54-26-28-62-29-27-54)63-33-34-6-4-3-5-7-34/h3-17,30,44,52H,18-29,31-33H2,1-2H3,(H,53,57)/t44-/m1/s1. The number of hydrogen-bond donors (Lipinski definition) is 2. The number of ether oxygens (including phenoxy) is 1. The molecule has 0 unspecified atom stereocenters. The van der Waals surface area contributed by atoms with Crippen molar-refractivity contribution >= 4 is 66.1 Å². The summed E-state index contributed by atoms with van der Waals surface area (Å²) in [6.45, 7) is 11.6. The number of benzene rings is 4. The van der Waals surface area contributed by atoms with Crippen LogP contribution in [0.5, 0.6) is 0 Å². The van der Waals surface area contributed by atoms with E-state index in [0.717, 1.165) is 75.4 Å². The molecule has 350 valence electrons. The summed E-state index contributed by atoms with van der Waals surface area (Å²) >= 11 is 7.57. The number of alkyl halides is 3. The van der Waals surface area contributed by atoms with Crippen LogP contribution < -0.4 is 14.9 Å². The number of sulfonamides is 1. The molecule has 3 aliphatic rings. The zero-order valence-corrected chi connectivity index (χ0v) is 39.7. The smallest absolute Gasteiger partial charge is 0.379 e. The monoisotopic (exact) mass is 973 g/mol. The summed E-state index contributed by atoms with van der Waals surface area (Å²) in [5.74, 6) is -0.548. The molecular weight excluding hydrogens is 919 g/mol. The molecule has 65 heavy (non-hydrogen) atoms. The van der Waals surface area contributed by atoms with Crippen molar-refractivity contribution in [2.24, 2.45) is 5.41 Å². The van der Waals surface area contributed by atoms with Crippen molar-refractivity contribution in [2.45, 2.75) is 66.0 Å². The Morgan fingerprint density at radius 1 is 0.862 bits per heavy atom. The van der Waals surface area contributed by atoms with Crippen LogP contribution in [-0.4, -0.2) is 109 Å². The van der Waals surface area contributed by atoms with Gasteiger partial charge in [-0.15, -0.1) is 11.8 Å². The highest BCUT2D eigenvalue weighted by Crippen LogP contribution is 2.43. The summed E-state index contributed by atoms with van der Waals surface area (Å²) in [5.41, 5.74) is -0.0655. The molecule has 2 aliphatic heterocycles. The second kappa shape index (κ2) is 20.8. The molecule has 0 radical (unpaired) electrons. The number of amides is 1. The van der Waals surface area contributed by atoms with E-state index in [1.807, 2.05) is 47.2 Å². The van der Waals surface area contributed by atoms with Gasteiger partial charge in [0, 0.05) is 74.4 Å². The molecule has 2 heterocycles. The summed E-state index contributed by atoms with van der Waals surface area (Å²) in [7, 11) is -10.9. The van der Waals surface area contributed by atoms with Gasteiger partial charge in [-0.1, -0.05) is 73.5 Å². The number of carbonyl (C=O) groups is 1. The molecule has 18 heteroatoms. The molecule has 4 aromatic carbocycles. The maximum absolute atomic E-state index is 14.2. The van der Waals surface area contributed by atoms with Crippen molar-refractivity contribution in [3.8, 4) is 0 Å². The maximum atomic E-state index is 14.2. The lowest BCUT2D eigenvalue weighted by atomic mass is 9.73. The van der Waals surface area contributed by atoms with Gasteiger partial charge in [0.15, 0.2) is 0 Å². The third kappa shape index (κ3) is 12.7. The fourth-order valence-corrected chi connectivity index (χ4v) is 11.7. The number of nitrogens with one attached hydrogen (secondary N) is 2. The van der Waals surface area contributed by atoms with E-state index in [9.17, 15) is 34.8 Å². The predicted molar refractivity (Wildman–Crippen MR) is 252 cm³/mol.